The summed E-state index contributed by atoms with van der Waals surface area (Å²) in [5, 5.41) is 2.31. The normalized spacial score (nSPS) is 17.9. The molecule has 0 bridgehead atoms. The summed E-state index contributed by atoms with van der Waals surface area (Å²) in [6.07, 6.45) is 4.05. The number of carbonyl (C=O) groups is 1. The van der Waals surface area contributed by atoms with Crippen LogP contribution in [0.3, 0.4) is 0 Å². The number of carbonyl (C=O) groups excluding carboxylic acids is 1. The van der Waals surface area contributed by atoms with Gasteiger partial charge in [-0.3, -0.25) is 4.79 Å². The van der Waals surface area contributed by atoms with E-state index in [2.05, 4.69) is 12.1 Å². The molecule has 0 saturated heterocycles. The lowest BCUT2D eigenvalue weighted by molar-refractivity contribution is -0.112. The van der Waals surface area contributed by atoms with Crippen LogP contribution in [-0.2, 0) is 4.79 Å². The Kier molecular flexibility index (Phi) is 2.00. The Balaban J connectivity index is 2.19. The van der Waals surface area contributed by atoms with Crippen LogP contribution >= 0.6 is 0 Å². The lowest BCUT2D eigenvalue weighted by Crippen LogP contribution is -2.17. The molecule has 2 aromatic rings. The maximum absolute atomic E-state index is 10.7. The lowest BCUT2D eigenvalue weighted by Gasteiger charge is -2.17. The molecule has 3 rings (SSSR count). The molecule has 2 heteroatoms. The first kappa shape index (κ1) is 9.16. The van der Waals surface area contributed by atoms with Crippen LogP contribution in [0.15, 0.2) is 42.5 Å². The average Bonchev–Trinajstić information content (AvgIpc) is 2.35. The minimum Gasteiger partial charge on any atom is -0.478 e. The number of ether oxygens (including phenoxy) is 1. The molecule has 0 N–H and O–H groups in total. The Bertz CT molecular complexity index is 584. The monoisotopic (exact) mass is 210 g/mol. The number of hydrogen-bond acceptors (Lipinski definition) is 2. The number of benzene rings is 2. The van der Waals surface area contributed by atoms with Crippen LogP contribution in [0.25, 0.3) is 16.8 Å². The second-order valence-corrected chi connectivity index (χ2v) is 3.81. The second kappa shape index (κ2) is 3.49. The molecule has 2 aromatic carbocycles. The van der Waals surface area contributed by atoms with E-state index in [9.17, 15) is 4.79 Å². The molecule has 0 spiro atoms. The standard InChI is InChI=1S/C14H10O2/c15-9-13-6-5-12-7-10-3-1-2-4-11(10)8-14(12)16-13/h1-9,13H. The van der Waals surface area contributed by atoms with E-state index in [-0.39, 0.29) is 0 Å². The predicted octanol–water partition coefficient (Wildman–Crippen LogP) is 2.81. The summed E-state index contributed by atoms with van der Waals surface area (Å²) in [6, 6.07) is 12.1. The lowest BCUT2D eigenvalue weighted by atomic mass is 10.0. The zero-order valence-electron chi connectivity index (χ0n) is 8.59. The third-order valence-electron chi connectivity index (χ3n) is 2.74. The molecule has 16 heavy (non-hydrogen) atoms. The molecule has 78 valence electrons. The third-order valence-corrected chi connectivity index (χ3v) is 2.74. The van der Waals surface area contributed by atoms with Crippen molar-refractivity contribution in [3.63, 3.8) is 0 Å². The summed E-state index contributed by atoms with van der Waals surface area (Å²) in [5.41, 5.74) is 1.02. The molecule has 1 unspecified atom stereocenters. The molecule has 0 fully saturated rings. The minimum absolute atomic E-state index is 0.450. The van der Waals surface area contributed by atoms with Gasteiger partial charge in [-0.25, -0.2) is 0 Å². The van der Waals surface area contributed by atoms with Crippen LogP contribution in [0.1, 0.15) is 5.56 Å². The zero-order chi connectivity index (χ0) is 11.0. The van der Waals surface area contributed by atoms with Gasteiger partial charge in [-0.1, -0.05) is 30.3 Å². The molecule has 0 aliphatic carbocycles. The molecule has 1 heterocycles. The van der Waals surface area contributed by atoms with Gasteiger partial charge in [0.15, 0.2) is 12.4 Å². The number of fused-ring (bicyclic) bond motifs is 2. The van der Waals surface area contributed by atoms with Crippen LogP contribution in [0.4, 0.5) is 0 Å². The van der Waals surface area contributed by atoms with Crippen molar-refractivity contribution < 1.29 is 9.53 Å². The van der Waals surface area contributed by atoms with Crippen molar-refractivity contribution >= 4 is 23.1 Å². The van der Waals surface area contributed by atoms with Crippen LogP contribution in [-0.4, -0.2) is 12.4 Å². The Morgan fingerprint density at radius 3 is 2.62 bits per heavy atom. The average molecular weight is 210 g/mol. The Labute approximate surface area is 93.2 Å². The molecule has 1 atom stereocenters. The molecule has 0 amide bonds. The van der Waals surface area contributed by atoms with E-state index in [0.29, 0.717) is 0 Å². The molecular weight excluding hydrogens is 200 g/mol. The van der Waals surface area contributed by atoms with E-state index in [1.807, 2.05) is 30.3 Å². The van der Waals surface area contributed by atoms with Gasteiger partial charge in [0.25, 0.3) is 0 Å². The number of rotatable bonds is 1. The zero-order valence-corrected chi connectivity index (χ0v) is 8.59. The van der Waals surface area contributed by atoms with Crippen LogP contribution in [0, 0.1) is 0 Å². The maximum atomic E-state index is 10.7. The predicted molar refractivity (Wildman–Crippen MR) is 63.5 cm³/mol. The third kappa shape index (κ3) is 1.39. The van der Waals surface area contributed by atoms with E-state index >= 15 is 0 Å². The van der Waals surface area contributed by atoms with Crippen molar-refractivity contribution in [2.45, 2.75) is 6.10 Å². The quantitative estimate of drug-likeness (QED) is 0.676. The van der Waals surface area contributed by atoms with Crippen LogP contribution in [0.5, 0.6) is 5.75 Å². The fourth-order valence-electron chi connectivity index (χ4n) is 1.93. The molecular formula is C14H10O2. The second-order valence-electron chi connectivity index (χ2n) is 3.81. The van der Waals surface area contributed by atoms with Gasteiger partial charge < -0.3 is 4.74 Å². The highest BCUT2D eigenvalue weighted by molar-refractivity contribution is 5.88. The summed E-state index contributed by atoms with van der Waals surface area (Å²) in [4.78, 5) is 10.7. The van der Waals surface area contributed by atoms with Crippen molar-refractivity contribution in [3.8, 4) is 5.75 Å². The van der Waals surface area contributed by atoms with E-state index in [1.165, 1.54) is 5.39 Å². The fraction of sp³-hybridized carbons (Fsp3) is 0.0714. The molecule has 0 saturated carbocycles. The van der Waals surface area contributed by atoms with Gasteiger partial charge in [-0.05, 0) is 29.0 Å². The van der Waals surface area contributed by atoms with E-state index in [0.717, 1.165) is 23.0 Å². The van der Waals surface area contributed by atoms with Crippen LogP contribution in [0.2, 0.25) is 0 Å². The van der Waals surface area contributed by atoms with Crippen molar-refractivity contribution in [2.75, 3.05) is 0 Å². The summed E-state index contributed by atoms with van der Waals surface area (Å²) < 4.78 is 5.53. The van der Waals surface area contributed by atoms with Gasteiger partial charge in [0.1, 0.15) is 5.75 Å². The smallest absolute Gasteiger partial charge is 0.172 e. The van der Waals surface area contributed by atoms with Gasteiger partial charge in [0.05, 0.1) is 0 Å². The van der Waals surface area contributed by atoms with E-state index < -0.39 is 6.10 Å². The first-order valence-electron chi connectivity index (χ1n) is 5.20. The van der Waals surface area contributed by atoms with Gasteiger partial charge in [0, 0.05) is 5.56 Å². The molecule has 1 aliphatic heterocycles. The highest BCUT2D eigenvalue weighted by atomic mass is 16.5. The van der Waals surface area contributed by atoms with Crippen molar-refractivity contribution in [1.29, 1.82) is 0 Å². The van der Waals surface area contributed by atoms with E-state index in [4.69, 9.17) is 4.74 Å². The van der Waals surface area contributed by atoms with Gasteiger partial charge >= 0.3 is 0 Å². The molecule has 0 radical (unpaired) electrons. The number of aldehydes is 1. The molecule has 2 nitrogen and oxygen atoms in total. The summed E-state index contributed by atoms with van der Waals surface area (Å²) in [5.74, 6) is 0.776. The highest BCUT2D eigenvalue weighted by Gasteiger charge is 2.13. The summed E-state index contributed by atoms with van der Waals surface area (Å²) in [6.45, 7) is 0. The van der Waals surface area contributed by atoms with Gasteiger partial charge in [-0.2, -0.15) is 0 Å². The summed E-state index contributed by atoms with van der Waals surface area (Å²) >= 11 is 0. The van der Waals surface area contributed by atoms with Crippen molar-refractivity contribution in [2.24, 2.45) is 0 Å². The number of hydrogen-bond donors (Lipinski definition) is 0. The Morgan fingerprint density at radius 1 is 1.12 bits per heavy atom. The largest absolute Gasteiger partial charge is 0.478 e. The van der Waals surface area contributed by atoms with Gasteiger partial charge in [0.2, 0.25) is 0 Å². The maximum Gasteiger partial charge on any atom is 0.172 e. The molecule has 1 aliphatic rings. The van der Waals surface area contributed by atoms with Crippen molar-refractivity contribution in [1.82, 2.24) is 0 Å². The topological polar surface area (TPSA) is 26.3 Å². The SMILES string of the molecule is O=CC1C=Cc2cc3ccccc3cc2O1. The highest BCUT2D eigenvalue weighted by Crippen LogP contribution is 2.30. The van der Waals surface area contributed by atoms with Crippen molar-refractivity contribution in [3.05, 3.63) is 48.0 Å². The fourth-order valence-corrected chi connectivity index (χ4v) is 1.93. The van der Waals surface area contributed by atoms with E-state index in [1.54, 1.807) is 6.08 Å². The minimum atomic E-state index is -0.450. The molecule has 0 aromatic heterocycles. The van der Waals surface area contributed by atoms with Crippen LogP contribution < -0.4 is 4.74 Å². The Morgan fingerprint density at radius 2 is 1.88 bits per heavy atom. The first-order chi connectivity index (χ1) is 7.86. The Hall–Kier alpha value is -2.09. The summed E-state index contributed by atoms with van der Waals surface area (Å²) in [7, 11) is 0. The first-order valence-corrected chi connectivity index (χ1v) is 5.20. The van der Waals surface area contributed by atoms with Gasteiger partial charge in [-0.15, -0.1) is 0 Å².